The quantitative estimate of drug-likeness (QED) is 0.125. The predicted octanol–water partition coefficient (Wildman–Crippen LogP) is 11.5. The van der Waals surface area contributed by atoms with Crippen LogP contribution in [0.2, 0.25) is 0 Å². The number of amides is 2. The first-order chi connectivity index (χ1) is 28.6. The number of aromatic nitrogens is 3. The van der Waals surface area contributed by atoms with E-state index in [1.807, 2.05) is 126 Å². The number of carbonyl (C=O) groups excluding carboxylic acids is 2. The van der Waals surface area contributed by atoms with Gasteiger partial charge in [-0.1, -0.05) is 109 Å². The Morgan fingerprint density at radius 1 is 0.534 bits per heavy atom. The summed E-state index contributed by atoms with van der Waals surface area (Å²) in [5.41, 5.74) is 9.98. The van der Waals surface area contributed by atoms with E-state index >= 15 is 4.79 Å². The van der Waals surface area contributed by atoms with Crippen LogP contribution in [-0.4, -0.2) is 26.3 Å². The van der Waals surface area contributed by atoms with Crippen LogP contribution in [0.4, 0.5) is 11.4 Å². The molecule has 3 aromatic heterocycles. The van der Waals surface area contributed by atoms with Crippen LogP contribution in [0.25, 0.3) is 76.8 Å². The molecular formula is C50H28N6O2. The number of anilines is 1. The highest BCUT2D eigenvalue weighted by Gasteiger charge is 2.41. The van der Waals surface area contributed by atoms with E-state index in [4.69, 9.17) is 6.57 Å². The molecule has 1 aliphatic heterocycles. The summed E-state index contributed by atoms with van der Waals surface area (Å²) in [6, 6.07) is 48.4. The molecule has 2 amide bonds. The number of imide groups is 1. The monoisotopic (exact) mass is 744 g/mol. The molecule has 0 N–H and O–H groups in total. The van der Waals surface area contributed by atoms with Crippen LogP contribution >= 0.6 is 0 Å². The average molecular weight is 745 g/mol. The van der Waals surface area contributed by atoms with Gasteiger partial charge in [-0.3, -0.25) is 19.6 Å². The van der Waals surface area contributed by atoms with Crippen LogP contribution in [0.1, 0.15) is 26.3 Å². The van der Waals surface area contributed by atoms with Crippen molar-refractivity contribution in [3.05, 3.63) is 198 Å². The van der Waals surface area contributed by atoms with Crippen molar-refractivity contribution in [2.24, 2.45) is 0 Å². The Morgan fingerprint density at radius 3 is 1.84 bits per heavy atom. The van der Waals surface area contributed by atoms with Gasteiger partial charge in [-0.15, -0.1) is 0 Å². The lowest BCUT2D eigenvalue weighted by molar-refractivity contribution is 0.0926. The van der Waals surface area contributed by atoms with Crippen LogP contribution < -0.4 is 4.90 Å². The van der Waals surface area contributed by atoms with Gasteiger partial charge < -0.3 is 4.57 Å². The molecule has 0 bridgehead atoms. The van der Waals surface area contributed by atoms with Crippen LogP contribution in [0.5, 0.6) is 0 Å². The summed E-state index contributed by atoms with van der Waals surface area (Å²) in [4.78, 5) is 43.9. The zero-order valence-electron chi connectivity index (χ0n) is 30.7. The maximum absolute atomic E-state index is 15.2. The number of nitrogens with zero attached hydrogens (tertiary/aromatic N) is 6. The maximum atomic E-state index is 15.2. The minimum absolute atomic E-state index is 0.241. The number of hydrogen-bond donors (Lipinski definition) is 0. The highest BCUT2D eigenvalue weighted by atomic mass is 16.2. The molecule has 8 heteroatoms. The number of carbonyl (C=O) groups is 2. The van der Waals surface area contributed by atoms with E-state index in [1.165, 1.54) is 4.90 Å². The van der Waals surface area contributed by atoms with Crippen molar-refractivity contribution in [1.29, 1.82) is 5.26 Å². The highest BCUT2D eigenvalue weighted by molar-refractivity contribution is 6.36. The maximum Gasteiger partial charge on any atom is 0.268 e. The van der Waals surface area contributed by atoms with E-state index < -0.39 is 11.8 Å². The summed E-state index contributed by atoms with van der Waals surface area (Å²) in [5, 5.41) is 11.9. The fourth-order valence-electron chi connectivity index (χ4n) is 8.25. The zero-order valence-corrected chi connectivity index (χ0v) is 30.7. The highest BCUT2D eigenvalue weighted by Crippen LogP contribution is 2.46. The molecule has 0 saturated carbocycles. The second-order valence-electron chi connectivity index (χ2n) is 13.9. The normalized spacial score (nSPS) is 12.1. The summed E-state index contributed by atoms with van der Waals surface area (Å²) >= 11 is 0. The van der Waals surface area contributed by atoms with Gasteiger partial charge in [-0.05, 0) is 58.7 Å². The number of hydrogen-bond acceptors (Lipinski definition) is 5. The third kappa shape index (κ3) is 5.21. The SMILES string of the molecule is [C-]#[N+]c1ccncc1-c1cccc2c3cccc(-c4cnccc4C#N)c3n(-c3cccc4c3C(=O)N(c3ccc(-c5ccccc5)cc3-c3ccccc3)C4=O)c12. The Bertz CT molecular complexity index is 3130. The molecule has 6 aromatic carbocycles. The van der Waals surface area contributed by atoms with E-state index in [2.05, 4.69) is 20.9 Å². The zero-order chi connectivity index (χ0) is 39.3. The molecule has 270 valence electrons. The van der Waals surface area contributed by atoms with Crippen molar-refractivity contribution in [3.8, 4) is 56.3 Å². The minimum atomic E-state index is -0.465. The van der Waals surface area contributed by atoms with Crippen LogP contribution in [0.3, 0.4) is 0 Å². The molecule has 4 heterocycles. The van der Waals surface area contributed by atoms with Crippen molar-refractivity contribution in [2.45, 2.75) is 0 Å². The molecule has 0 atom stereocenters. The predicted molar refractivity (Wildman–Crippen MR) is 227 cm³/mol. The van der Waals surface area contributed by atoms with E-state index in [0.717, 1.165) is 49.7 Å². The molecule has 0 unspecified atom stereocenters. The van der Waals surface area contributed by atoms with Gasteiger partial charge in [0.1, 0.15) is 0 Å². The van der Waals surface area contributed by atoms with E-state index in [1.54, 1.807) is 49.1 Å². The molecule has 9 aromatic rings. The van der Waals surface area contributed by atoms with Crippen LogP contribution in [0, 0.1) is 17.9 Å². The third-order valence-corrected chi connectivity index (χ3v) is 10.8. The van der Waals surface area contributed by atoms with Crippen molar-refractivity contribution in [1.82, 2.24) is 14.5 Å². The number of benzene rings is 6. The Hall–Kier alpha value is -8.46. The van der Waals surface area contributed by atoms with Gasteiger partial charge in [0, 0.05) is 57.8 Å². The van der Waals surface area contributed by atoms with Crippen LogP contribution in [-0.2, 0) is 0 Å². The number of rotatable bonds is 6. The second kappa shape index (κ2) is 13.7. The van der Waals surface area contributed by atoms with Crippen molar-refractivity contribution < 1.29 is 9.59 Å². The van der Waals surface area contributed by atoms with Crippen molar-refractivity contribution in [2.75, 3.05) is 4.90 Å². The molecule has 0 spiro atoms. The number of pyridine rings is 2. The number of nitriles is 1. The molecule has 0 aliphatic carbocycles. The summed E-state index contributed by atoms with van der Waals surface area (Å²) in [7, 11) is 0. The Morgan fingerprint density at radius 2 is 1.16 bits per heavy atom. The Kier molecular flexibility index (Phi) is 8.04. The Labute approximate surface area is 333 Å². The lowest BCUT2D eigenvalue weighted by Gasteiger charge is -2.20. The fourth-order valence-corrected chi connectivity index (χ4v) is 8.25. The van der Waals surface area contributed by atoms with Gasteiger partial charge >= 0.3 is 0 Å². The molecule has 8 nitrogen and oxygen atoms in total. The van der Waals surface area contributed by atoms with Gasteiger partial charge in [0.2, 0.25) is 0 Å². The molecule has 0 fully saturated rings. The molecule has 0 radical (unpaired) electrons. The lowest BCUT2D eigenvalue weighted by atomic mass is 9.97. The second-order valence-corrected chi connectivity index (χ2v) is 13.9. The van der Waals surface area contributed by atoms with Gasteiger partial charge in [0.05, 0.1) is 51.7 Å². The summed E-state index contributed by atoms with van der Waals surface area (Å²) in [5.74, 6) is -0.901. The molecule has 10 rings (SSSR count). The van der Waals surface area contributed by atoms with Gasteiger partial charge in [0.15, 0.2) is 5.69 Å². The minimum Gasteiger partial charge on any atom is -0.307 e. The van der Waals surface area contributed by atoms with E-state index in [0.29, 0.717) is 39.3 Å². The lowest BCUT2D eigenvalue weighted by Crippen LogP contribution is -2.30. The first kappa shape index (κ1) is 34.1. The average Bonchev–Trinajstić information content (AvgIpc) is 3.77. The first-order valence-electron chi connectivity index (χ1n) is 18.6. The van der Waals surface area contributed by atoms with Gasteiger partial charge in [0.25, 0.3) is 11.8 Å². The molecule has 58 heavy (non-hydrogen) atoms. The molecular weight excluding hydrogens is 717 g/mol. The summed E-state index contributed by atoms with van der Waals surface area (Å²) in [6.45, 7) is 8.02. The van der Waals surface area contributed by atoms with E-state index in [9.17, 15) is 10.1 Å². The smallest absolute Gasteiger partial charge is 0.268 e. The summed E-state index contributed by atoms with van der Waals surface area (Å²) < 4.78 is 2.01. The third-order valence-electron chi connectivity index (χ3n) is 10.8. The standard InChI is InChI=1S/C50H28N6O2/c1-52-43-24-26-54-30-42(43)38-18-9-16-36-35-15-8-17-37(41-29-53-25-23-34(41)28-51)47(35)55(48(36)38)45-20-10-19-39-46(45)50(58)56(49(39)57)44-22-21-33(31-11-4-2-5-12-31)27-40(44)32-13-6-3-7-14-32/h2-27,29-30H. The van der Waals surface area contributed by atoms with E-state index in [-0.39, 0.29) is 11.1 Å². The van der Waals surface area contributed by atoms with Gasteiger partial charge in [-0.25, -0.2) is 9.74 Å². The van der Waals surface area contributed by atoms with Crippen LogP contribution in [0.15, 0.2) is 170 Å². The molecule has 0 saturated heterocycles. The number of para-hydroxylation sites is 2. The molecule has 1 aliphatic rings. The Balaban J connectivity index is 1.27. The number of fused-ring (bicyclic) bond motifs is 4. The van der Waals surface area contributed by atoms with Crippen molar-refractivity contribution >= 4 is 45.0 Å². The van der Waals surface area contributed by atoms with Crippen molar-refractivity contribution in [3.63, 3.8) is 0 Å². The fraction of sp³-hybridized carbons (Fsp3) is 0. The topological polar surface area (TPSA) is 96.2 Å². The van der Waals surface area contributed by atoms with Gasteiger partial charge in [-0.2, -0.15) is 5.26 Å². The largest absolute Gasteiger partial charge is 0.307 e. The summed E-state index contributed by atoms with van der Waals surface area (Å²) in [6.07, 6.45) is 6.53. The first-order valence-corrected chi connectivity index (χ1v) is 18.6.